The number of carbonyl (C=O) groups excluding carboxylic acids is 2. The van der Waals surface area contributed by atoms with Gasteiger partial charge in [0.05, 0.1) is 32.5 Å². The molecule has 0 saturated heterocycles. The second-order valence-corrected chi connectivity index (χ2v) is 5.43. The van der Waals surface area contributed by atoms with Gasteiger partial charge in [-0.15, -0.1) is 0 Å². The molecule has 2 aromatic carbocycles. The van der Waals surface area contributed by atoms with Crippen LogP contribution in [0.4, 0.5) is 0 Å². The topological polar surface area (TPSA) is 82.1 Å². The van der Waals surface area contributed by atoms with Gasteiger partial charge in [-0.1, -0.05) is 0 Å². The molecule has 0 bridgehead atoms. The second kappa shape index (κ2) is 5.56. The summed E-state index contributed by atoms with van der Waals surface area (Å²) in [5, 5.41) is 10.2. The zero-order valence-corrected chi connectivity index (χ0v) is 13.7. The second-order valence-electron chi connectivity index (χ2n) is 5.43. The zero-order valence-electron chi connectivity index (χ0n) is 13.7. The Bertz CT molecular complexity index is 882. The van der Waals surface area contributed by atoms with Crippen molar-refractivity contribution < 1.29 is 28.9 Å². The van der Waals surface area contributed by atoms with E-state index in [0.717, 1.165) is 0 Å². The van der Waals surface area contributed by atoms with Crippen molar-refractivity contribution in [2.24, 2.45) is 0 Å². The molecule has 0 saturated carbocycles. The summed E-state index contributed by atoms with van der Waals surface area (Å²) in [7, 11) is 4.22. The molecule has 1 aliphatic carbocycles. The summed E-state index contributed by atoms with van der Waals surface area (Å²) in [5.74, 6) is -0.487. The zero-order chi connectivity index (χ0) is 17.6. The standard InChI is InChI=1S/C18H16O6/c1-8-5-9-13(11(19)6-8)16(21)14-10(15(9)20)7-12(22-2)17(23-3)18(14)24-4/h5-7,19H,1-4H3. The summed E-state index contributed by atoms with van der Waals surface area (Å²) in [6.45, 7) is 1.74. The Balaban J connectivity index is 2.40. The first kappa shape index (κ1) is 15.9. The first-order chi connectivity index (χ1) is 11.4. The molecule has 124 valence electrons. The smallest absolute Gasteiger partial charge is 0.204 e. The van der Waals surface area contributed by atoms with Crippen LogP contribution in [0.3, 0.4) is 0 Å². The van der Waals surface area contributed by atoms with Crippen LogP contribution in [0.5, 0.6) is 23.0 Å². The fraction of sp³-hybridized carbons (Fsp3) is 0.222. The third-order valence-corrected chi connectivity index (χ3v) is 4.04. The largest absolute Gasteiger partial charge is 0.507 e. The highest BCUT2D eigenvalue weighted by atomic mass is 16.5. The molecule has 0 amide bonds. The summed E-state index contributed by atoms with van der Waals surface area (Å²) in [6, 6.07) is 4.49. The van der Waals surface area contributed by atoms with E-state index in [1.807, 2.05) is 0 Å². The van der Waals surface area contributed by atoms with Crippen LogP contribution in [0.1, 0.15) is 37.4 Å². The molecule has 2 aromatic rings. The van der Waals surface area contributed by atoms with Crippen molar-refractivity contribution in [2.75, 3.05) is 21.3 Å². The van der Waals surface area contributed by atoms with Crippen LogP contribution >= 0.6 is 0 Å². The van der Waals surface area contributed by atoms with Crippen LogP contribution in [-0.2, 0) is 0 Å². The van der Waals surface area contributed by atoms with Crippen molar-refractivity contribution in [2.45, 2.75) is 6.92 Å². The van der Waals surface area contributed by atoms with Gasteiger partial charge in [-0.3, -0.25) is 9.59 Å². The van der Waals surface area contributed by atoms with Crippen LogP contribution in [0, 0.1) is 6.92 Å². The minimum absolute atomic E-state index is 0.0244. The number of phenols is 1. The normalized spacial score (nSPS) is 12.5. The maximum absolute atomic E-state index is 12.9. The molecule has 24 heavy (non-hydrogen) atoms. The predicted octanol–water partition coefficient (Wildman–Crippen LogP) is 2.50. The molecule has 6 heteroatoms. The summed E-state index contributed by atoms with van der Waals surface area (Å²) >= 11 is 0. The molecular weight excluding hydrogens is 312 g/mol. The predicted molar refractivity (Wildman–Crippen MR) is 85.8 cm³/mol. The number of aryl methyl sites for hydroxylation is 1. The van der Waals surface area contributed by atoms with Gasteiger partial charge in [0.25, 0.3) is 0 Å². The number of phenolic OH excluding ortho intramolecular Hbond substituents is 1. The van der Waals surface area contributed by atoms with Crippen molar-refractivity contribution in [1.29, 1.82) is 0 Å². The molecule has 6 nitrogen and oxygen atoms in total. The number of methoxy groups -OCH3 is 3. The fourth-order valence-electron chi connectivity index (χ4n) is 3.02. The van der Waals surface area contributed by atoms with Crippen molar-refractivity contribution in [1.82, 2.24) is 0 Å². The molecule has 0 fully saturated rings. The van der Waals surface area contributed by atoms with E-state index in [0.29, 0.717) is 5.56 Å². The maximum atomic E-state index is 12.9. The lowest BCUT2D eigenvalue weighted by Crippen LogP contribution is -2.22. The van der Waals surface area contributed by atoms with Gasteiger partial charge in [-0.25, -0.2) is 0 Å². The van der Waals surface area contributed by atoms with Crippen molar-refractivity contribution in [3.63, 3.8) is 0 Å². The summed E-state index contributed by atoms with van der Waals surface area (Å²) in [4.78, 5) is 25.8. The van der Waals surface area contributed by atoms with Crippen LogP contribution in [0.15, 0.2) is 18.2 Å². The van der Waals surface area contributed by atoms with Gasteiger partial charge < -0.3 is 19.3 Å². The average molecular weight is 328 g/mol. The first-order valence-electron chi connectivity index (χ1n) is 7.20. The van der Waals surface area contributed by atoms with Crippen LogP contribution < -0.4 is 14.2 Å². The lowest BCUT2D eigenvalue weighted by Gasteiger charge is -2.23. The Kier molecular flexibility index (Phi) is 3.67. The number of ether oxygens (including phenoxy) is 3. The SMILES string of the molecule is COc1cc2c(c(OC)c1OC)C(=O)c1c(O)cc(C)cc1C2=O. The maximum Gasteiger partial charge on any atom is 0.204 e. The Hall–Kier alpha value is -3.02. The van der Waals surface area contributed by atoms with E-state index in [1.165, 1.54) is 33.5 Å². The molecule has 0 radical (unpaired) electrons. The lowest BCUT2D eigenvalue weighted by molar-refractivity contribution is 0.0973. The fourth-order valence-corrected chi connectivity index (χ4v) is 3.02. The molecule has 0 aromatic heterocycles. The van der Waals surface area contributed by atoms with E-state index in [-0.39, 0.29) is 51.0 Å². The summed E-state index contributed by atoms with van der Waals surface area (Å²) in [5.41, 5.74) is 1.05. The summed E-state index contributed by atoms with van der Waals surface area (Å²) < 4.78 is 15.8. The van der Waals surface area contributed by atoms with Crippen molar-refractivity contribution in [3.8, 4) is 23.0 Å². The molecule has 0 heterocycles. The van der Waals surface area contributed by atoms with Gasteiger partial charge in [0, 0.05) is 11.1 Å². The van der Waals surface area contributed by atoms with Gasteiger partial charge in [0.15, 0.2) is 17.3 Å². The number of ketones is 2. The molecule has 1 N–H and O–H groups in total. The third-order valence-electron chi connectivity index (χ3n) is 4.04. The van der Waals surface area contributed by atoms with Gasteiger partial charge in [-0.2, -0.15) is 0 Å². The molecular formula is C18H16O6. The molecule has 0 aliphatic heterocycles. The number of rotatable bonds is 3. The van der Waals surface area contributed by atoms with Crippen LogP contribution in [0.2, 0.25) is 0 Å². The Morgan fingerprint density at radius 3 is 2.00 bits per heavy atom. The summed E-state index contributed by atoms with van der Waals surface area (Å²) in [6.07, 6.45) is 0. The number of hydrogen-bond acceptors (Lipinski definition) is 6. The number of benzene rings is 2. The van der Waals surface area contributed by atoms with Crippen molar-refractivity contribution >= 4 is 11.6 Å². The minimum atomic E-state index is -0.491. The Labute approximate surface area is 138 Å². The number of carbonyl (C=O) groups is 2. The molecule has 0 unspecified atom stereocenters. The van der Waals surface area contributed by atoms with E-state index in [1.54, 1.807) is 13.0 Å². The number of hydrogen-bond donors (Lipinski definition) is 1. The minimum Gasteiger partial charge on any atom is -0.507 e. The average Bonchev–Trinajstić information content (AvgIpc) is 2.56. The quantitative estimate of drug-likeness (QED) is 0.795. The monoisotopic (exact) mass is 328 g/mol. The molecule has 0 spiro atoms. The Morgan fingerprint density at radius 1 is 0.792 bits per heavy atom. The highest BCUT2D eigenvalue weighted by Gasteiger charge is 2.37. The number of aromatic hydroxyl groups is 1. The van der Waals surface area contributed by atoms with E-state index < -0.39 is 5.78 Å². The first-order valence-corrected chi connectivity index (χ1v) is 7.20. The lowest BCUT2D eigenvalue weighted by atomic mass is 9.82. The van der Waals surface area contributed by atoms with Crippen LogP contribution in [-0.4, -0.2) is 38.0 Å². The van der Waals surface area contributed by atoms with E-state index in [2.05, 4.69) is 0 Å². The third kappa shape index (κ3) is 2.03. The van der Waals surface area contributed by atoms with Gasteiger partial charge in [0.1, 0.15) is 5.75 Å². The highest BCUT2D eigenvalue weighted by molar-refractivity contribution is 6.30. The van der Waals surface area contributed by atoms with E-state index in [4.69, 9.17) is 14.2 Å². The van der Waals surface area contributed by atoms with Gasteiger partial charge >= 0.3 is 0 Å². The number of fused-ring (bicyclic) bond motifs is 2. The Morgan fingerprint density at radius 2 is 1.42 bits per heavy atom. The highest BCUT2D eigenvalue weighted by Crippen LogP contribution is 2.46. The molecule has 0 atom stereocenters. The van der Waals surface area contributed by atoms with Gasteiger partial charge in [0.2, 0.25) is 11.5 Å². The van der Waals surface area contributed by atoms with Crippen molar-refractivity contribution in [3.05, 3.63) is 46.0 Å². The molecule has 3 rings (SSSR count). The van der Waals surface area contributed by atoms with E-state index in [9.17, 15) is 14.7 Å². The molecule has 1 aliphatic rings. The van der Waals surface area contributed by atoms with Gasteiger partial charge in [-0.05, 0) is 30.7 Å². The van der Waals surface area contributed by atoms with E-state index >= 15 is 0 Å². The van der Waals surface area contributed by atoms with Crippen LogP contribution in [0.25, 0.3) is 0 Å².